The van der Waals surface area contributed by atoms with Crippen LogP contribution in [0.5, 0.6) is 5.75 Å². The molecule has 136 valence electrons. The summed E-state index contributed by atoms with van der Waals surface area (Å²) < 4.78 is 5.02. The lowest BCUT2D eigenvalue weighted by Gasteiger charge is -2.14. The Morgan fingerprint density at radius 2 is 1.81 bits per heavy atom. The minimum atomic E-state index is -1.32. The highest BCUT2D eigenvalue weighted by molar-refractivity contribution is 5.98. The third-order valence-electron chi connectivity index (χ3n) is 3.43. The first-order valence-electron chi connectivity index (χ1n) is 7.71. The molecule has 0 heterocycles. The van der Waals surface area contributed by atoms with E-state index in [0.717, 1.165) is 17.7 Å². The number of nitrogens with one attached hydrogen (secondary N) is 2. The number of aromatic carboxylic acids is 1. The second-order valence-corrected chi connectivity index (χ2v) is 5.45. The number of phenols is 1. The molecule has 4 N–H and O–H groups in total. The topological polar surface area (TPSA) is 125 Å². The van der Waals surface area contributed by atoms with Crippen molar-refractivity contribution < 1.29 is 29.3 Å². The molecule has 0 unspecified atom stereocenters. The average Bonchev–Trinajstić information content (AvgIpc) is 2.62. The van der Waals surface area contributed by atoms with Crippen molar-refractivity contribution in [2.24, 2.45) is 0 Å². The van der Waals surface area contributed by atoms with E-state index >= 15 is 0 Å². The lowest BCUT2D eigenvalue weighted by molar-refractivity contribution is -0.117. The van der Waals surface area contributed by atoms with Gasteiger partial charge in [-0.15, -0.1) is 0 Å². The van der Waals surface area contributed by atoms with Gasteiger partial charge in [-0.2, -0.15) is 0 Å². The minimum absolute atomic E-state index is 0.0704. The molecule has 0 aliphatic carbocycles. The maximum Gasteiger partial charge on any atom is 0.408 e. The van der Waals surface area contributed by atoms with Gasteiger partial charge in [0.2, 0.25) is 5.91 Å². The zero-order valence-corrected chi connectivity index (χ0v) is 13.9. The SMILES string of the molecule is C[C@H](NC(=O)OCc1ccccc1)C(=O)Nc1ccc(O)c(C(=O)O)c1. The Balaban J connectivity index is 1.88. The molecule has 0 bridgehead atoms. The number of rotatable bonds is 6. The summed E-state index contributed by atoms with van der Waals surface area (Å²) in [6.07, 6.45) is -0.756. The fraction of sp³-hybridized carbons (Fsp3) is 0.167. The number of ether oxygens (including phenoxy) is 1. The summed E-state index contributed by atoms with van der Waals surface area (Å²) in [7, 11) is 0. The summed E-state index contributed by atoms with van der Waals surface area (Å²) >= 11 is 0. The van der Waals surface area contributed by atoms with Crippen LogP contribution in [0.25, 0.3) is 0 Å². The van der Waals surface area contributed by atoms with E-state index < -0.39 is 29.8 Å². The molecular weight excluding hydrogens is 340 g/mol. The van der Waals surface area contributed by atoms with Crippen molar-refractivity contribution in [3.05, 3.63) is 59.7 Å². The van der Waals surface area contributed by atoms with Gasteiger partial charge < -0.3 is 25.6 Å². The van der Waals surface area contributed by atoms with Gasteiger partial charge in [0.05, 0.1) is 0 Å². The largest absolute Gasteiger partial charge is 0.507 e. The second-order valence-electron chi connectivity index (χ2n) is 5.45. The Bertz CT molecular complexity index is 807. The minimum Gasteiger partial charge on any atom is -0.507 e. The number of benzene rings is 2. The average molecular weight is 358 g/mol. The standard InChI is InChI=1S/C18H18N2O6/c1-11(19-18(25)26-10-12-5-3-2-4-6-12)16(22)20-13-7-8-15(21)14(9-13)17(23)24/h2-9,11,21H,10H2,1H3,(H,19,25)(H,20,22)(H,23,24)/t11-/m0/s1. The predicted molar refractivity (Wildman–Crippen MR) is 92.9 cm³/mol. The lowest BCUT2D eigenvalue weighted by atomic mass is 10.1. The van der Waals surface area contributed by atoms with Gasteiger partial charge in [0.15, 0.2) is 0 Å². The number of hydrogen-bond donors (Lipinski definition) is 4. The maximum absolute atomic E-state index is 12.1. The maximum atomic E-state index is 12.1. The number of carbonyl (C=O) groups excluding carboxylic acids is 2. The smallest absolute Gasteiger partial charge is 0.408 e. The Hall–Kier alpha value is -3.55. The van der Waals surface area contributed by atoms with Gasteiger partial charge in [-0.3, -0.25) is 4.79 Å². The molecule has 0 saturated heterocycles. The highest BCUT2D eigenvalue weighted by atomic mass is 16.5. The molecule has 2 aromatic carbocycles. The highest BCUT2D eigenvalue weighted by Crippen LogP contribution is 2.21. The Morgan fingerprint density at radius 3 is 2.46 bits per heavy atom. The van der Waals surface area contributed by atoms with Gasteiger partial charge >= 0.3 is 12.1 Å². The molecule has 2 rings (SSSR count). The van der Waals surface area contributed by atoms with Gasteiger partial charge in [0.25, 0.3) is 0 Å². The first kappa shape index (κ1) is 18.8. The molecule has 0 spiro atoms. The zero-order chi connectivity index (χ0) is 19.1. The predicted octanol–water partition coefficient (Wildman–Crippen LogP) is 2.34. The molecule has 0 radical (unpaired) electrons. The number of alkyl carbamates (subject to hydrolysis) is 1. The Morgan fingerprint density at radius 1 is 1.12 bits per heavy atom. The van der Waals surface area contributed by atoms with Crippen molar-refractivity contribution in [3.8, 4) is 5.75 Å². The van der Waals surface area contributed by atoms with Gasteiger partial charge in [-0.05, 0) is 30.7 Å². The van der Waals surface area contributed by atoms with E-state index in [2.05, 4.69) is 10.6 Å². The van der Waals surface area contributed by atoms with Gasteiger partial charge in [-0.25, -0.2) is 9.59 Å². The summed E-state index contributed by atoms with van der Waals surface area (Å²) in [6, 6.07) is 11.8. The molecule has 2 amide bonds. The first-order chi connectivity index (χ1) is 12.4. The van der Waals surface area contributed by atoms with Crippen LogP contribution in [-0.4, -0.2) is 34.2 Å². The van der Waals surface area contributed by atoms with Crippen LogP contribution in [0.1, 0.15) is 22.8 Å². The second kappa shape index (κ2) is 8.52. The van der Waals surface area contributed by atoms with E-state index in [1.807, 2.05) is 18.2 Å². The van der Waals surface area contributed by atoms with Crippen LogP contribution >= 0.6 is 0 Å². The number of carboxylic acid groups (broad SMARTS) is 1. The summed E-state index contributed by atoms with van der Waals surface area (Å²) in [5.41, 5.74) is 0.646. The van der Waals surface area contributed by atoms with Crippen molar-refractivity contribution in [2.45, 2.75) is 19.6 Å². The van der Waals surface area contributed by atoms with Crippen LogP contribution < -0.4 is 10.6 Å². The molecule has 1 atom stereocenters. The van der Waals surface area contributed by atoms with Crippen molar-refractivity contribution in [3.63, 3.8) is 0 Å². The van der Waals surface area contributed by atoms with Gasteiger partial charge in [0, 0.05) is 5.69 Å². The van der Waals surface area contributed by atoms with Crippen LogP contribution in [0.2, 0.25) is 0 Å². The van der Waals surface area contributed by atoms with Crippen molar-refractivity contribution in [1.29, 1.82) is 0 Å². The summed E-state index contributed by atoms with van der Waals surface area (Å²) in [4.78, 5) is 34.8. The third kappa shape index (κ3) is 5.23. The van der Waals surface area contributed by atoms with E-state index in [-0.39, 0.29) is 17.9 Å². The molecular formula is C18H18N2O6. The number of hydrogen-bond acceptors (Lipinski definition) is 5. The van der Waals surface area contributed by atoms with Crippen LogP contribution in [-0.2, 0) is 16.1 Å². The van der Waals surface area contributed by atoms with Crippen LogP contribution in [0.3, 0.4) is 0 Å². The van der Waals surface area contributed by atoms with Crippen LogP contribution in [0, 0.1) is 0 Å². The zero-order valence-electron chi connectivity index (χ0n) is 13.9. The van der Waals surface area contributed by atoms with E-state index in [1.165, 1.54) is 13.0 Å². The van der Waals surface area contributed by atoms with Crippen molar-refractivity contribution in [1.82, 2.24) is 5.32 Å². The molecule has 2 aromatic rings. The number of carbonyl (C=O) groups is 3. The third-order valence-corrected chi connectivity index (χ3v) is 3.43. The lowest BCUT2D eigenvalue weighted by Crippen LogP contribution is -2.41. The number of amides is 2. The molecule has 8 heteroatoms. The summed E-state index contributed by atoms with van der Waals surface area (Å²) in [6.45, 7) is 1.53. The number of aromatic hydroxyl groups is 1. The van der Waals surface area contributed by atoms with Gasteiger partial charge in [-0.1, -0.05) is 30.3 Å². The number of anilines is 1. The molecule has 8 nitrogen and oxygen atoms in total. The Kier molecular flexibility index (Phi) is 6.15. The van der Waals surface area contributed by atoms with Crippen molar-refractivity contribution >= 4 is 23.7 Å². The molecule has 0 fully saturated rings. The molecule has 0 aromatic heterocycles. The fourth-order valence-corrected chi connectivity index (χ4v) is 2.04. The van der Waals surface area contributed by atoms with E-state index in [0.29, 0.717) is 0 Å². The fourth-order valence-electron chi connectivity index (χ4n) is 2.04. The quantitative estimate of drug-likeness (QED) is 0.588. The van der Waals surface area contributed by atoms with Crippen molar-refractivity contribution in [2.75, 3.05) is 5.32 Å². The Labute approximate surface area is 149 Å². The molecule has 26 heavy (non-hydrogen) atoms. The van der Waals surface area contributed by atoms with Crippen LogP contribution in [0.4, 0.5) is 10.5 Å². The monoisotopic (exact) mass is 358 g/mol. The molecule has 0 saturated carbocycles. The summed E-state index contributed by atoms with van der Waals surface area (Å²) in [5, 5.41) is 23.3. The number of carboxylic acids is 1. The van der Waals surface area contributed by atoms with E-state index in [1.54, 1.807) is 12.1 Å². The normalized spacial score (nSPS) is 11.3. The first-order valence-corrected chi connectivity index (χ1v) is 7.71. The molecule has 0 aliphatic heterocycles. The van der Waals surface area contributed by atoms with Gasteiger partial charge in [0.1, 0.15) is 24.0 Å². The summed E-state index contributed by atoms with van der Waals surface area (Å²) in [5.74, 6) is -2.30. The van der Waals surface area contributed by atoms with E-state index in [9.17, 15) is 19.5 Å². The highest BCUT2D eigenvalue weighted by Gasteiger charge is 2.18. The van der Waals surface area contributed by atoms with Crippen LogP contribution in [0.15, 0.2) is 48.5 Å². The molecule has 0 aliphatic rings. The van der Waals surface area contributed by atoms with E-state index in [4.69, 9.17) is 9.84 Å².